The molecule has 2 heterocycles. The average molecular weight is 1220 g/mol. The van der Waals surface area contributed by atoms with Crippen molar-refractivity contribution in [3.63, 3.8) is 0 Å². The summed E-state index contributed by atoms with van der Waals surface area (Å²) in [5.74, 6) is -9.24. The number of hydrogen-bond donors (Lipinski definition) is 3. The Kier molecular flexibility index (Phi) is 29.8. The van der Waals surface area contributed by atoms with E-state index in [9.17, 15) is 33.6 Å². The lowest BCUT2D eigenvalue weighted by Crippen LogP contribution is -2.65. The number of nitrogens with zero attached hydrogens (tertiary/aromatic N) is 8. The van der Waals surface area contributed by atoms with E-state index in [4.69, 9.17) is 4.74 Å². The number of rotatable bonds is 12. The summed E-state index contributed by atoms with van der Waals surface area (Å²) in [6, 6.07) is -11.6. The van der Waals surface area contributed by atoms with Crippen LogP contribution in [0.4, 0.5) is 0 Å². The highest BCUT2D eigenvalue weighted by Gasteiger charge is 2.47. The van der Waals surface area contributed by atoms with Gasteiger partial charge in [-0.05, 0) is 94.4 Å². The summed E-state index contributed by atoms with van der Waals surface area (Å²) in [5.41, 5.74) is 0. The Morgan fingerprint density at radius 2 is 0.884 bits per heavy atom. The van der Waals surface area contributed by atoms with E-state index in [0.717, 1.165) is 0 Å². The molecule has 0 aromatic heterocycles. The van der Waals surface area contributed by atoms with Gasteiger partial charge in [0.1, 0.15) is 54.4 Å². The highest BCUT2D eigenvalue weighted by Crippen LogP contribution is 2.28. The van der Waals surface area contributed by atoms with Crippen molar-refractivity contribution < 1.29 is 57.5 Å². The van der Waals surface area contributed by atoms with Crippen LogP contribution in [-0.4, -0.2) is 240 Å². The molecule has 0 aromatic carbocycles. The number of nitrogens with one attached hydrogen (secondary N) is 3. The number of amides is 10. The number of carbonyl (C=O) groups is 11. The van der Waals surface area contributed by atoms with Crippen LogP contribution in [-0.2, 0) is 57.5 Å². The van der Waals surface area contributed by atoms with Gasteiger partial charge >= 0.3 is 0 Å². The second-order valence-corrected chi connectivity index (χ2v) is 27.3. The molecule has 0 aromatic rings. The predicted molar refractivity (Wildman–Crippen MR) is 331 cm³/mol. The molecule has 0 aliphatic carbocycles. The summed E-state index contributed by atoms with van der Waals surface area (Å²) in [6.07, 6.45) is -0.370. The number of ketones is 1. The SMILES string of the molecule is CC[C@H]1NC(=O)[C@@H]([C@@H]2OCN(C)C[C@H]2C)N(C)C(=O)[C@@H](C(C)C)N(C)C(=O)[C@@H](CC(C)C)N(C)C(=O)[C@@H](CC(C)C)N(C)C(=O)[C@H](C)CC(=O)[C@@H](C)NC(=O)[C@@H](CC(C)C)N(C)C(=O)[C@@H](C(C)C)NC(=O)[C@H](CC(C)C)N(C)C(=O)[C@@H](C)N(C)C1=O. The number of likely N-dealkylation sites (N-methyl/N-ethyl adjacent to an activating group) is 7. The van der Waals surface area contributed by atoms with Gasteiger partial charge < -0.3 is 55.0 Å². The van der Waals surface area contributed by atoms with Gasteiger partial charge in [-0.2, -0.15) is 0 Å². The number of Topliss-reactive ketones (excluding diaryl/α,β-unsaturated/α-hetero) is 1. The van der Waals surface area contributed by atoms with Crippen molar-refractivity contribution in [2.75, 3.05) is 69.7 Å². The fourth-order valence-corrected chi connectivity index (χ4v) is 11.7. The maximum Gasteiger partial charge on any atom is 0.246 e. The highest BCUT2D eigenvalue weighted by molar-refractivity contribution is 6.00. The van der Waals surface area contributed by atoms with Crippen LogP contribution in [0.2, 0.25) is 0 Å². The van der Waals surface area contributed by atoms with Crippen molar-refractivity contribution in [2.45, 2.75) is 223 Å². The molecule has 2 aliphatic heterocycles. The fourth-order valence-electron chi connectivity index (χ4n) is 11.7. The van der Waals surface area contributed by atoms with Crippen LogP contribution in [0.3, 0.4) is 0 Å². The van der Waals surface area contributed by atoms with Crippen LogP contribution in [0.15, 0.2) is 0 Å². The summed E-state index contributed by atoms with van der Waals surface area (Å²) >= 11 is 0. The summed E-state index contributed by atoms with van der Waals surface area (Å²) < 4.78 is 6.34. The molecule has 0 spiro atoms. The molecule has 86 heavy (non-hydrogen) atoms. The zero-order valence-electron chi connectivity index (χ0n) is 57.1. The quantitative estimate of drug-likeness (QED) is 0.252. The van der Waals surface area contributed by atoms with E-state index >= 15 is 19.2 Å². The zero-order valence-corrected chi connectivity index (χ0v) is 57.1. The summed E-state index contributed by atoms with van der Waals surface area (Å²) in [5, 5.41) is 8.57. The maximum atomic E-state index is 15.3. The minimum Gasteiger partial charge on any atom is -0.360 e. The first-order chi connectivity index (χ1) is 39.7. The Hall–Kier alpha value is -5.71. The monoisotopic (exact) mass is 1220 g/mol. The van der Waals surface area contributed by atoms with Crippen LogP contribution < -0.4 is 16.0 Å². The molecular formula is C63H113N11O12. The Morgan fingerprint density at radius 1 is 0.453 bits per heavy atom. The molecular weight excluding hydrogens is 1100 g/mol. The van der Waals surface area contributed by atoms with Crippen LogP contribution in [0, 0.1) is 47.3 Å². The lowest BCUT2D eigenvalue weighted by atomic mass is 9.92. The minimum absolute atomic E-state index is 0.0739. The third kappa shape index (κ3) is 19.9. The first-order valence-corrected chi connectivity index (χ1v) is 31.3. The number of hydrogen-bond acceptors (Lipinski definition) is 13. The van der Waals surface area contributed by atoms with Gasteiger partial charge in [0.05, 0.1) is 18.9 Å². The van der Waals surface area contributed by atoms with E-state index in [2.05, 4.69) is 16.0 Å². The average Bonchev–Trinajstić information content (AvgIpc) is 1.11. The summed E-state index contributed by atoms with van der Waals surface area (Å²) in [7, 11) is 12.2. The highest BCUT2D eigenvalue weighted by atomic mass is 16.5. The summed E-state index contributed by atoms with van der Waals surface area (Å²) in [4.78, 5) is 173. The predicted octanol–water partition coefficient (Wildman–Crippen LogP) is 3.71. The Labute approximate surface area is 515 Å². The third-order valence-electron chi connectivity index (χ3n) is 17.2. The second kappa shape index (κ2) is 33.6. The van der Waals surface area contributed by atoms with Gasteiger partial charge in [0.25, 0.3) is 0 Å². The molecule has 23 nitrogen and oxygen atoms in total. The van der Waals surface area contributed by atoms with E-state index < -0.39 is 149 Å². The summed E-state index contributed by atoms with van der Waals surface area (Å²) in [6.45, 7) is 31.0. The first kappa shape index (κ1) is 76.4. The van der Waals surface area contributed by atoms with E-state index in [0.29, 0.717) is 6.54 Å². The smallest absolute Gasteiger partial charge is 0.246 e. The molecule has 0 radical (unpaired) electrons. The van der Waals surface area contributed by atoms with Crippen LogP contribution in [0.1, 0.15) is 156 Å². The molecule has 492 valence electrons. The molecule has 13 atom stereocenters. The van der Waals surface area contributed by atoms with Crippen molar-refractivity contribution in [1.82, 2.24) is 55.1 Å². The van der Waals surface area contributed by atoms with Gasteiger partial charge in [-0.3, -0.25) is 57.6 Å². The van der Waals surface area contributed by atoms with Crippen molar-refractivity contribution >= 4 is 64.9 Å². The van der Waals surface area contributed by atoms with Gasteiger partial charge in [0.15, 0.2) is 5.78 Å². The zero-order chi connectivity index (χ0) is 66.4. The fraction of sp³-hybridized carbons (Fsp3) is 0.825. The van der Waals surface area contributed by atoms with Crippen LogP contribution in [0.5, 0.6) is 0 Å². The maximum absolute atomic E-state index is 15.3. The number of ether oxygens (including phenoxy) is 1. The van der Waals surface area contributed by atoms with Crippen molar-refractivity contribution in [3.8, 4) is 0 Å². The molecule has 2 rings (SSSR count). The molecule has 10 amide bonds. The standard InChI is InChI=1S/C63H113N11O12/c1-26-44-59(81)68(19)43(17)58(80)69(20)46(28-35(4)5)55(77)66-50(38(10)11)62(84)70(21)45(27-34(2)3)54(76)64-42(16)49(75)31-40(14)57(79)71(22)47(29-36(6)7)60(82)72(23)48(30-37(8)9)61(83)73(24)51(39(12)13)63(85)74(25)52(56(78)65-44)53-41(15)32-67(18)33-86-53/h34-48,50-53H,26-33H2,1-25H3,(H,64,76)(H,65,78)(H,66,77)/t40-,41-,42-,43-,44-,45-,46+,47-,48-,50-,51-,52-,53-/m1/s1. The molecule has 3 N–H and O–H groups in total. The topological polar surface area (TPSA) is 259 Å². The van der Waals surface area contributed by atoms with E-state index in [-0.39, 0.29) is 74.8 Å². The van der Waals surface area contributed by atoms with Gasteiger partial charge in [0.2, 0.25) is 59.1 Å². The van der Waals surface area contributed by atoms with Gasteiger partial charge in [-0.25, -0.2) is 0 Å². The van der Waals surface area contributed by atoms with Gasteiger partial charge in [-0.15, -0.1) is 0 Å². The van der Waals surface area contributed by atoms with Crippen molar-refractivity contribution in [1.29, 1.82) is 0 Å². The third-order valence-corrected chi connectivity index (χ3v) is 17.2. The van der Waals surface area contributed by atoms with E-state index in [1.807, 2.05) is 74.3 Å². The van der Waals surface area contributed by atoms with Gasteiger partial charge in [-0.1, -0.05) is 104 Å². The van der Waals surface area contributed by atoms with E-state index in [1.165, 1.54) is 97.5 Å². The van der Waals surface area contributed by atoms with Crippen molar-refractivity contribution in [2.24, 2.45) is 47.3 Å². The molecule has 0 unspecified atom stereocenters. The second-order valence-electron chi connectivity index (χ2n) is 27.3. The lowest BCUT2D eigenvalue weighted by molar-refractivity contribution is -0.164. The molecule has 0 bridgehead atoms. The van der Waals surface area contributed by atoms with Gasteiger partial charge in [0, 0.05) is 68.2 Å². The molecule has 2 saturated heterocycles. The van der Waals surface area contributed by atoms with Crippen LogP contribution in [0.25, 0.3) is 0 Å². The van der Waals surface area contributed by atoms with Crippen LogP contribution >= 0.6 is 0 Å². The first-order valence-electron chi connectivity index (χ1n) is 31.3. The Bertz CT molecular complexity index is 2360. The Balaban J connectivity index is 2.99. The lowest BCUT2D eigenvalue weighted by Gasteiger charge is -2.44. The molecule has 2 fully saturated rings. The molecule has 0 saturated carbocycles. The molecule has 23 heteroatoms. The molecule has 2 aliphatic rings. The largest absolute Gasteiger partial charge is 0.360 e. The Morgan fingerprint density at radius 3 is 1.33 bits per heavy atom. The van der Waals surface area contributed by atoms with E-state index in [1.54, 1.807) is 41.5 Å². The number of carbonyl (C=O) groups excluding carboxylic acids is 11. The normalized spacial score (nSPS) is 29.9. The minimum atomic E-state index is -1.33. The van der Waals surface area contributed by atoms with Crippen molar-refractivity contribution in [3.05, 3.63) is 0 Å².